The third-order valence-electron chi connectivity index (χ3n) is 5.41. The molecule has 0 aliphatic heterocycles. The molecule has 1 atom stereocenters. The normalized spacial score (nSPS) is 19.7. The van der Waals surface area contributed by atoms with Gasteiger partial charge in [-0.05, 0) is 78.7 Å². The Morgan fingerprint density at radius 3 is 2.56 bits per heavy atom. The molecule has 32 heavy (non-hydrogen) atoms. The average molecular weight is 523 g/mol. The molecule has 172 valence electrons. The van der Waals surface area contributed by atoms with E-state index in [1.54, 1.807) is 18.3 Å². The standard InChI is InChI=1S/C21H27BrN6O3S/c1-14(13-29)26-20-19(22)12-24-21(28-20)27-17-6-8-18(9-7-17)32(30,31)25-11-16-4-2-15(10-23)3-5-16/h6-9,12,14-16,25,29H,2-5,11,13H2,1H3,(H2,24,26,27,28)/t14-,15?,16?/m1/s1. The number of anilines is 3. The number of hydrogen-bond donors (Lipinski definition) is 4. The number of halogens is 1. The summed E-state index contributed by atoms with van der Waals surface area (Å²) in [5.41, 5.74) is 0.641. The summed E-state index contributed by atoms with van der Waals surface area (Å²) < 4.78 is 28.6. The zero-order chi connectivity index (χ0) is 23.1. The van der Waals surface area contributed by atoms with Crippen LogP contribution in [0.15, 0.2) is 39.8 Å². The van der Waals surface area contributed by atoms with Gasteiger partial charge < -0.3 is 15.7 Å². The number of nitrogens with zero attached hydrogens (tertiary/aromatic N) is 3. The summed E-state index contributed by atoms with van der Waals surface area (Å²) in [6, 6.07) is 8.49. The van der Waals surface area contributed by atoms with Crippen molar-refractivity contribution in [1.82, 2.24) is 14.7 Å². The Morgan fingerprint density at radius 1 is 1.25 bits per heavy atom. The second-order valence-corrected chi connectivity index (χ2v) is 10.6. The quantitative estimate of drug-likeness (QED) is 0.392. The molecule has 0 radical (unpaired) electrons. The molecule has 9 nitrogen and oxygen atoms in total. The SMILES string of the molecule is C[C@H](CO)Nc1nc(Nc2ccc(S(=O)(=O)NCC3CCC(C#N)CC3)cc2)ncc1Br. The minimum atomic E-state index is -3.61. The lowest BCUT2D eigenvalue weighted by Crippen LogP contribution is -2.31. The minimum Gasteiger partial charge on any atom is -0.394 e. The highest BCUT2D eigenvalue weighted by Gasteiger charge is 2.23. The van der Waals surface area contributed by atoms with Gasteiger partial charge in [0.05, 0.1) is 22.0 Å². The second kappa shape index (κ2) is 11.0. The third kappa shape index (κ3) is 6.62. The predicted molar refractivity (Wildman–Crippen MR) is 126 cm³/mol. The van der Waals surface area contributed by atoms with E-state index >= 15 is 0 Å². The molecule has 1 aliphatic carbocycles. The molecule has 1 saturated carbocycles. The maximum absolute atomic E-state index is 12.6. The first-order valence-electron chi connectivity index (χ1n) is 10.5. The molecule has 0 saturated heterocycles. The van der Waals surface area contributed by atoms with Gasteiger partial charge in [0.15, 0.2) is 0 Å². The Bertz CT molecular complexity index is 1050. The van der Waals surface area contributed by atoms with Gasteiger partial charge in [-0.1, -0.05) is 0 Å². The van der Waals surface area contributed by atoms with Crippen LogP contribution in [0.2, 0.25) is 0 Å². The summed E-state index contributed by atoms with van der Waals surface area (Å²) in [6.45, 7) is 2.17. The molecule has 4 N–H and O–H groups in total. The number of hydrogen-bond acceptors (Lipinski definition) is 8. The van der Waals surface area contributed by atoms with Crippen molar-refractivity contribution in [2.45, 2.75) is 43.5 Å². The Balaban J connectivity index is 1.60. The van der Waals surface area contributed by atoms with Gasteiger partial charge in [0.1, 0.15) is 5.82 Å². The maximum Gasteiger partial charge on any atom is 0.240 e. The topological polar surface area (TPSA) is 140 Å². The molecule has 0 unspecified atom stereocenters. The van der Waals surface area contributed by atoms with Gasteiger partial charge in [-0.15, -0.1) is 0 Å². The summed E-state index contributed by atoms with van der Waals surface area (Å²) in [5.74, 6) is 1.24. The molecular formula is C21H27BrN6O3S. The number of aromatic nitrogens is 2. The lowest BCUT2D eigenvalue weighted by molar-refractivity contribution is 0.281. The van der Waals surface area contributed by atoms with Gasteiger partial charge in [0.25, 0.3) is 0 Å². The number of benzene rings is 1. The van der Waals surface area contributed by atoms with Gasteiger partial charge in [-0.2, -0.15) is 10.2 Å². The largest absolute Gasteiger partial charge is 0.394 e. The molecule has 1 aromatic heterocycles. The van der Waals surface area contributed by atoms with Crippen LogP contribution in [-0.4, -0.2) is 42.7 Å². The van der Waals surface area contributed by atoms with Gasteiger partial charge >= 0.3 is 0 Å². The van der Waals surface area contributed by atoms with Gasteiger partial charge in [-0.3, -0.25) is 0 Å². The average Bonchev–Trinajstić information content (AvgIpc) is 2.80. The molecule has 0 spiro atoms. The number of rotatable bonds is 9. The summed E-state index contributed by atoms with van der Waals surface area (Å²) in [5, 5.41) is 24.3. The first-order valence-corrected chi connectivity index (χ1v) is 12.7. The number of aliphatic hydroxyl groups excluding tert-OH is 1. The van der Waals surface area contributed by atoms with E-state index in [2.05, 4.69) is 47.3 Å². The fraction of sp³-hybridized carbons (Fsp3) is 0.476. The molecule has 3 rings (SSSR count). The van der Waals surface area contributed by atoms with E-state index in [1.165, 1.54) is 12.1 Å². The predicted octanol–water partition coefficient (Wildman–Crippen LogP) is 3.38. The monoisotopic (exact) mass is 522 g/mol. The number of aliphatic hydroxyl groups is 1. The van der Waals surface area contributed by atoms with Crippen LogP contribution in [-0.2, 0) is 10.0 Å². The number of nitrogens with one attached hydrogen (secondary N) is 3. The molecule has 1 fully saturated rings. The van der Waals surface area contributed by atoms with Gasteiger partial charge in [-0.25, -0.2) is 18.1 Å². The highest BCUT2D eigenvalue weighted by molar-refractivity contribution is 9.10. The lowest BCUT2D eigenvalue weighted by Gasteiger charge is -2.24. The van der Waals surface area contributed by atoms with E-state index in [9.17, 15) is 13.5 Å². The first-order chi connectivity index (χ1) is 15.3. The zero-order valence-electron chi connectivity index (χ0n) is 17.8. The van der Waals surface area contributed by atoms with Crippen molar-refractivity contribution < 1.29 is 13.5 Å². The van der Waals surface area contributed by atoms with Crippen molar-refractivity contribution in [3.63, 3.8) is 0 Å². The van der Waals surface area contributed by atoms with E-state index < -0.39 is 10.0 Å². The molecule has 1 aliphatic rings. The van der Waals surface area contributed by atoms with E-state index in [0.29, 0.717) is 28.5 Å². The van der Waals surface area contributed by atoms with Crippen molar-refractivity contribution in [2.24, 2.45) is 11.8 Å². The zero-order valence-corrected chi connectivity index (χ0v) is 20.2. The number of sulfonamides is 1. The molecule has 11 heteroatoms. The van der Waals surface area contributed by atoms with E-state index in [4.69, 9.17) is 5.26 Å². The van der Waals surface area contributed by atoms with Crippen LogP contribution >= 0.6 is 15.9 Å². The fourth-order valence-electron chi connectivity index (χ4n) is 3.46. The van der Waals surface area contributed by atoms with Crippen LogP contribution in [0.1, 0.15) is 32.6 Å². The van der Waals surface area contributed by atoms with Crippen molar-refractivity contribution in [3.8, 4) is 6.07 Å². The van der Waals surface area contributed by atoms with Crippen molar-refractivity contribution >= 4 is 43.4 Å². The van der Waals surface area contributed by atoms with Crippen LogP contribution in [0.25, 0.3) is 0 Å². The Hall–Kier alpha value is -2.26. The third-order valence-corrected chi connectivity index (χ3v) is 7.43. The van der Waals surface area contributed by atoms with E-state index in [-0.39, 0.29) is 29.4 Å². The van der Waals surface area contributed by atoms with Gasteiger partial charge in [0, 0.05) is 30.4 Å². The van der Waals surface area contributed by atoms with Crippen molar-refractivity contribution in [2.75, 3.05) is 23.8 Å². The van der Waals surface area contributed by atoms with Crippen LogP contribution in [0, 0.1) is 23.2 Å². The second-order valence-electron chi connectivity index (χ2n) is 7.97. The molecular weight excluding hydrogens is 496 g/mol. The highest BCUT2D eigenvalue weighted by atomic mass is 79.9. The van der Waals surface area contributed by atoms with E-state index in [1.807, 2.05) is 6.92 Å². The summed E-state index contributed by atoms with van der Waals surface area (Å²) >= 11 is 3.37. The van der Waals surface area contributed by atoms with Crippen LogP contribution in [0.4, 0.5) is 17.5 Å². The number of nitriles is 1. The fourth-order valence-corrected chi connectivity index (χ4v) is 4.88. The molecule has 1 aromatic carbocycles. The first kappa shape index (κ1) is 24.4. The summed E-state index contributed by atoms with van der Waals surface area (Å²) in [6.07, 6.45) is 4.99. The Morgan fingerprint density at radius 2 is 1.94 bits per heavy atom. The molecule has 2 aromatic rings. The van der Waals surface area contributed by atoms with Gasteiger partial charge in [0.2, 0.25) is 16.0 Å². The van der Waals surface area contributed by atoms with Crippen LogP contribution < -0.4 is 15.4 Å². The lowest BCUT2D eigenvalue weighted by atomic mass is 9.83. The van der Waals surface area contributed by atoms with E-state index in [0.717, 1.165) is 25.7 Å². The maximum atomic E-state index is 12.6. The Labute approximate surface area is 196 Å². The molecule has 1 heterocycles. The van der Waals surface area contributed by atoms with Crippen LogP contribution in [0.5, 0.6) is 0 Å². The van der Waals surface area contributed by atoms with Crippen LogP contribution in [0.3, 0.4) is 0 Å². The molecule has 0 bridgehead atoms. The summed E-state index contributed by atoms with van der Waals surface area (Å²) in [7, 11) is -3.61. The minimum absolute atomic E-state index is 0.0374. The smallest absolute Gasteiger partial charge is 0.240 e. The Kier molecular flexibility index (Phi) is 8.42. The summed E-state index contributed by atoms with van der Waals surface area (Å²) in [4.78, 5) is 8.77. The van der Waals surface area contributed by atoms with Crippen molar-refractivity contribution in [1.29, 1.82) is 5.26 Å². The molecule has 0 amide bonds. The van der Waals surface area contributed by atoms with Crippen molar-refractivity contribution in [3.05, 3.63) is 34.9 Å². The highest BCUT2D eigenvalue weighted by Crippen LogP contribution is 2.28.